The van der Waals surface area contributed by atoms with Crippen LogP contribution in [-0.4, -0.2) is 120 Å². The fraction of sp³-hybridized carbons (Fsp3) is 0.480. The first kappa shape index (κ1) is 44.4. The van der Waals surface area contributed by atoms with Crippen LogP contribution in [0.25, 0.3) is 33.3 Å². The lowest BCUT2D eigenvalue weighted by atomic mass is 9.85. The van der Waals surface area contributed by atoms with Crippen LogP contribution in [0.4, 0.5) is 9.59 Å². The molecule has 4 amide bonds. The highest BCUT2D eigenvalue weighted by molar-refractivity contribution is 5.93. The van der Waals surface area contributed by atoms with E-state index in [1.807, 2.05) is 34.3 Å². The fourth-order valence-corrected chi connectivity index (χ4v) is 11.0. The van der Waals surface area contributed by atoms with E-state index in [2.05, 4.69) is 63.9 Å². The molecule has 0 spiro atoms. The number of alkyl carbamates (subject to hydrolysis) is 2. The lowest BCUT2D eigenvalue weighted by Crippen LogP contribution is -2.53. The molecular weight excluding hydrogens is 857 g/mol. The zero-order chi connectivity index (χ0) is 46.2. The number of nitrogens with one attached hydrogen (secondary N) is 4. The molecule has 17 nitrogen and oxygen atoms in total. The first-order valence-electron chi connectivity index (χ1n) is 23.6. The minimum atomic E-state index is -0.701. The molecule has 0 bridgehead atoms. The molecular formula is C50H58N8O9. The van der Waals surface area contributed by atoms with Gasteiger partial charge in [-0.2, -0.15) is 0 Å². The Morgan fingerprint density at radius 1 is 0.672 bits per heavy atom. The van der Waals surface area contributed by atoms with Crippen LogP contribution in [0.3, 0.4) is 0 Å². The van der Waals surface area contributed by atoms with Gasteiger partial charge in [0.25, 0.3) is 0 Å². The normalized spacial score (nSPS) is 21.8. The number of aromatic nitrogens is 4. The van der Waals surface area contributed by atoms with Crippen molar-refractivity contribution < 1.29 is 42.9 Å². The van der Waals surface area contributed by atoms with Crippen molar-refractivity contribution in [1.29, 1.82) is 0 Å². The summed E-state index contributed by atoms with van der Waals surface area (Å²) in [6, 6.07) is 14.9. The van der Waals surface area contributed by atoms with Gasteiger partial charge in [0.2, 0.25) is 11.8 Å². The summed E-state index contributed by atoms with van der Waals surface area (Å²) in [5.41, 5.74) is 5.77. The molecule has 4 fully saturated rings. The van der Waals surface area contributed by atoms with Gasteiger partial charge in [0.1, 0.15) is 35.2 Å². The Balaban J connectivity index is 0.842. The van der Waals surface area contributed by atoms with Gasteiger partial charge in [0.05, 0.1) is 50.1 Å². The van der Waals surface area contributed by atoms with Crippen molar-refractivity contribution in [1.82, 2.24) is 40.4 Å². The molecule has 10 rings (SSSR count). The van der Waals surface area contributed by atoms with Crippen LogP contribution in [0.2, 0.25) is 0 Å². The van der Waals surface area contributed by atoms with Gasteiger partial charge in [0, 0.05) is 67.7 Å². The summed E-state index contributed by atoms with van der Waals surface area (Å²) < 4.78 is 27.5. The van der Waals surface area contributed by atoms with E-state index in [1.54, 1.807) is 0 Å². The first-order chi connectivity index (χ1) is 32.7. The zero-order valence-corrected chi connectivity index (χ0v) is 38.2. The Bertz CT molecular complexity index is 2650. The van der Waals surface area contributed by atoms with Crippen LogP contribution in [0.15, 0.2) is 60.9 Å². The Labute approximate surface area is 388 Å². The molecule has 0 radical (unpaired) electrons. The molecule has 17 heteroatoms. The average molecular weight is 915 g/mol. The SMILES string of the molecule is COC(=O)N[C@H](C(=O)N1CCC[C@H]1c1ncc(-c2ccc3c(c2)Oc2ccc4cc(-c5cnc([C@@H]6CCCN6C(=O)[C@@H](NC(=O)OC)C6CCOCC6)[nH]5)ccc4c2C3C)[nH]1)C1CCOCC1. The summed E-state index contributed by atoms with van der Waals surface area (Å²) >= 11 is 0. The van der Waals surface area contributed by atoms with Crippen molar-refractivity contribution in [3.63, 3.8) is 0 Å². The molecule has 4 saturated heterocycles. The van der Waals surface area contributed by atoms with Crippen molar-refractivity contribution >= 4 is 34.8 Å². The maximum atomic E-state index is 14.1. The van der Waals surface area contributed by atoms with Crippen LogP contribution in [0.5, 0.6) is 11.5 Å². The number of likely N-dealkylation sites (tertiary alicyclic amines) is 2. The number of ether oxygens (including phenoxy) is 5. The number of amides is 4. The summed E-state index contributed by atoms with van der Waals surface area (Å²) in [7, 11) is 2.62. The van der Waals surface area contributed by atoms with E-state index >= 15 is 0 Å². The number of H-pyrrole nitrogens is 2. The van der Waals surface area contributed by atoms with Crippen LogP contribution < -0.4 is 15.4 Å². The number of hydrogen-bond acceptors (Lipinski definition) is 11. The molecule has 2 aromatic heterocycles. The van der Waals surface area contributed by atoms with E-state index in [1.165, 1.54) is 14.2 Å². The quantitative estimate of drug-likeness (QED) is 0.108. The lowest BCUT2D eigenvalue weighted by Gasteiger charge is -2.34. The van der Waals surface area contributed by atoms with E-state index in [9.17, 15) is 19.2 Å². The second-order valence-electron chi connectivity index (χ2n) is 18.4. The highest BCUT2D eigenvalue weighted by atomic mass is 16.5. The van der Waals surface area contributed by atoms with Crippen molar-refractivity contribution in [2.24, 2.45) is 11.8 Å². The standard InChI is InChI=1S/C50H58N8O9/c1-28-34-11-8-33(37-27-52-46(54-37)39-7-5-19-58(39)48(60)44(56-50(62)64-3)30-16-22-66-23-17-30)25-41(34)67-40-13-10-31-24-32(9-12-35(31)42(28)40)36-26-51-45(53-36)38-6-4-18-57(38)47(59)43(55-49(61)63-2)29-14-20-65-21-15-29/h8-13,24-30,38-39,43-44H,4-7,14-23H2,1-3H3,(H,51,53)(H,52,54)(H,55,61)(H,56,62)/t28?,38-,39-,43-,44-/m0/s1. The number of benzene rings is 3. The van der Waals surface area contributed by atoms with Gasteiger partial charge in [-0.25, -0.2) is 19.6 Å². The fourth-order valence-electron chi connectivity index (χ4n) is 11.0. The summed E-state index contributed by atoms with van der Waals surface area (Å²) in [5, 5.41) is 7.82. The van der Waals surface area contributed by atoms with E-state index in [4.69, 9.17) is 33.7 Å². The molecule has 5 atom stereocenters. The number of carbonyl (C=O) groups is 4. The molecule has 0 saturated carbocycles. The summed E-state index contributed by atoms with van der Waals surface area (Å²) in [4.78, 5) is 73.2. The number of fused-ring (bicyclic) bond motifs is 4. The Hall–Kier alpha value is -6.46. The highest BCUT2D eigenvalue weighted by Crippen LogP contribution is 2.48. The molecule has 5 aromatic rings. The number of carbonyl (C=O) groups excluding carboxylic acids is 4. The van der Waals surface area contributed by atoms with E-state index in [0.717, 1.165) is 87.4 Å². The van der Waals surface area contributed by atoms with Crippen molar-refractivity contribution in [2.45, 2.75) is 88.4 Å². The molecule has 1 unspecified atom stereocenters. The monoisotopic (exact) mass is 914 g/mol. The molecule has 0 aliphatic carbocycles. The van der Waals surface area contributed by atoms with E-state index in [-0.39, 0.29) is 41.7 Å². The molecule has 3 aromatic carbocycles. The maximum Gasteiger partial charge on any atom is 0.407 e. The average Bonchev–Trinajstić information content (AvgIpc) is 4.22. The van der Waals surface area contributed by atoms with E-state index < -0.39 is 24.3 Å². The first-order valence-corrected chi connectivity index (χ1v) is 23.6. The van der Waals surface area contributed by atoms with Gasteiger partial charge in [-0.1, -0.05) is 37.3 Å². The van der Waals surface area contributed by atoms with E-state index in [0.29, 0.717) is 71.0 Å². The third-order valence-electron chi connectivity index (χ3n) is 14.6. The summed E-state index contributed by atoms with van der Waals surface area (Å²) in [5.74, 6) is 2.73. The minimum Gasteiger partial charge on any atom is -0.457 e. The largest absolute Gasteiger partial charge is 0.457 e. The van der Waals surface area contributed by atoms with Gasteiger partial charge in [-0.3, -0.25) is 9.59 Å². The summed E-state index contributed by atoms with van der Waals surface area (Å²) in [6.07, 6.45) is 8.34. The van der Waals surface area contributed by atoms with Crippen LogP contribution in [0, 0.1) is 11.8 Å². The number of rotatable bonds is 10. The van der Waals surface area contributed by atoms with Gasteiger partial charge in [-0.05, 0) is 92.2 Å². The third-order valence-corrected chi connectivity index (χ3v) is 14.6. The molecule has 67 heavy (non-hydrogen) atoms. The Morgan fingerprint density at radius 3 is 1.73 bits per heavy atom. The molecule has 5 aliphatic heterocycles. The van der Waals surface area contributed by atoms with Crippen LogP contribution >= 0.6 is 0 Å². The Kier molecular flexibility index (Phi) is 12.6. The van der Waals surface area contributed by atoms with Gasteiger partial charge >= 0.3 is 12.2 Å². The minimum absolute atomic E-state index is 0.0384. The number of hydrogen-bond donors (Lipinski definition) is 4. The van der Waals surface area contributed by atoms with Crippen LogP contribution in [0.1, 0.15) is 99.1 Å². The van der Waals surface area contributed by atoms with Gasteiger partial charge in [0.15, 0.2) is 0 Å². The topological polar surface area (TPSA) is 202 Å². The second-order valence-corrected chi connectivity index (χ2v) is 18.4. The third kappa shape index (κ3) is 8.70. The van der Waals surface area contributed by atoms with Crippen LogP contribution in [-0.2, 0) is 28.5 Å². The number of nitrogens with zero attached hydrogens (tertiary/aromatic N) is 4. The maximum absolute atomic E-state index is 14.1. The molecule has 352 valence electrons. The van der Waals surface area contributed by atoms with Gasteiger partial charge in [-0.15, -0.1) is 0 Å². The number of aromatic amines is 2. The summed E-state index contributed by atoms with van der Waals surface area (Å²) in [6.45, 7) is 5.57. The zero-order valence-electron chi connectivity index (χ0n) is 38.2. The molecule has 5 aliphatic rings. The molecule has 7 heterocycles. The van der Waals surface area contributed by atoms with Gasteiger partial charge < -0.3 is 54.1 Å². The smallest absolute Gasteiger partial charge is 0.407 e. The molecule has 4 N–H and O–H groups in total. The predicted octanol–water partition coefficient (Wildman–Crippen LogP) is 7.51. The van der Waals surface area contributed by atoms with Crippen molar-refractivity contribution in [3.05, 3.63) is 83.7 Å². The lowest BCUT2D eigenvalue weighted by molar-refractivity contribution is -0.137. The van der Waals surface area contributed by atoms with Crippen molar-refractivity contribution in [2.75, 3.05) is 53.7 Å². The van der Waals surface area contributed by atoms with Crippen molar-refractivity contribution in [3.8, 4) is 34.0 Å². The number of methoxy groups -OCH3 is 2. The Morgan fingerprint density at radius 2 is 1.19 bits per heavy atom. The number of imidazole rings is 2. The second kappa shape index (κ2) is 19.0. The predicted molar refractivity (Wildman–Crippen MR) is 246 cm³/mol. The highest BCUT2D eigenvalue weighted by Gasteiger charge is 2.42.